The highest BCUT2D eigenvalue weighted by molar-refractivity contribution is 5.57. The maximum absolute atomic E-state index is 13.7. The standard InChI is InChI=1S/C14H7F6NO.3C14H8F5NO.C14H9F4NO/c15-6-1-9(17)14(10(18)2-6)21-4-7-11(22-5-21)3-8(16)13(20)12(7)19;15-8-2-11(18)14(12(19)3-8)20-5-7-1-9(16)10(17)4-13(7)21-6-20;15-7-1-2-11(9(16)3-7)20-5-8-12(21-6-20)4-10(17)14(19)13(8)18;15-9-2-1-7(3-10(9)16)20-5-8-12(21-6-20)4-11(17)14(19)13(8)18;15-8-1-3-9(4-2-8)19-6-10-12(20-7-19)5-11(16)14(18)13(10)17/h1-3H,4-5H2;3*1-4H,5-6H2;1-5H,6-7H2. The molecular weight excluding hydrogens is 1470 g/mol. The summed E-state index contributed by atoms with van der Waals surface area (Å²) in [7, 11) is 0. The van der Waals surface area contributed by atoms with Crippen LogP contribution in [0, 0.1) is 145 Å². The zero-order valence-electron chi connectivity index (χ0n) is 52.3. The van der Waals surface area contributed by atoms with Crippen molar-refractivity contribution in [1.29, 1.82) is 0 Å². The molecule has 0 saturated heterocycles. The van der Waals surface area contributed by atoms with E-state index in [0.717, 1.165) is 64.4 Å². The van der Waals surface area contributed by atoms with Crippen molar-refractivity contribution in [2.75, 3.05) is 58.2 Å². The zero-order chi connectivity index (χ0) is 75.7. The molecule has 0 spiro atoms. The second kappa shape index (κ2) is 30.8. The van der Waals surface area contributed by atoms with Crippen molar-refractivity contribution >= 4 is 28.4 Å². The topological polar surface area (TPSA) is 62.3 Å². The molecule has 10 aromatic rings. The molecule has 0 fully saturated rings. The van der Waals surface area contributed by atoms with Crippen molar-refractivity contribution in [3.63, 3.8) is 0 Å². The zero-order valence-corrected chi connectivity index (χ0v) is 52.3. The fourth-order valence-corrected chi connectivity index (χ4v) is 10.8. The van der Waals surface area contributed by atoms with Crippen LogP contribution in [0.5, 0.6) is 28.7 Å². The summed E-state index contributed by atoms with van der Waals surface area (Å²) in [5.74, 6) is -30.7. The van der Waals surface area contributed by atoms with Crippen LogP contribution >= 0.6 is 0 Å². The number of hydrogen-bond donors (Lipinski definition) is 0. The summed E-state index contributed by atoms with van der Waals surface area (Å²) >= 11 is 0. The first-order valence-electron chi connectivity index (χ1n) is 29.8. The third-order valence-electron chi connectivity index (χ3n) is 15.9. The quantitative estimate of drug-likeness (QED) is 0.123. The van der Waals surface area contributed by atoms with Gasteiger partial charge in [-0.05, 0) is 54.6 Å². The molecule has 0 bridgehead atoms. The normalized spacial score (nSPS) is 13.9. The Balaban J connectivity index is 0.000000131. The Morgan fingerprint density at radius 1 is 0.210 bits per heavy atom. The maximum atomic E-state index is 13.7. The fraction of sp³-hybridized carbons (Fsp3) is 0.143. The monoisotopic (exact) mass is 1510 g/mol. The number of anilines is 5. The molecular formula is C70H40F25N5O5. The minimum Gasteiger partial charge on any atom is -0.473 e. The number of halogens is 25. The van der Waals surface area contributed by atoms with E-state index in [1.807, 2.05) is 0 Å². The van der Waals surface area contributed by atoms with E-state index in [-0.39, 0.29) is 121 Å². The molecule has 105 heavy (non-hydrogen) atoms. The van der Waals surface area contributed by atoms with E-state index in [2.05, 4.69) is 0 Å². The van der Waals surface area contributed by atoms with Gasteiger partial charge in [-0.25, -0.2) is 110 Å². The summed E-state index contributed by atoms with van der Waals surface area (Å²) in [6.45, 7) is -1.88. The second-order valence-electron chi connectivity index (χ2n) is 22.7. The molecule has 0 radical (unpaired) electrons. The van der Waals surface area contributed by atoms with Gasteiger partial charge in [-0.1, -0.05) is 0 Å². The van der Waals surface area contributed by atoms with E-state index in [1.165, 1.54) is 40.1 Å². The van der Waals surface area contributed by atoms with Crippen molar-refractivity contribution < 1.29 is 133 Å². The van der Waals surface area contributed by atoms with Crippen LogP contribution in [0.4, 0.5) is 138 Å². The molecule has 0 unspecified atom stereocenters. The summed E-state index contributed by atoms with van der Waals surface area (Å²) in [4.78, 5) is 6.24. The van der Waals surface area contributed by atoms with Crippen LogP contribution in [0.1, 0.15) is 27.8 Å². The molecule has 15 rings (SSSR count). The van der Waals surface area contributed by atoms with Crippen molar-refractivity contribution in [3.05, 3.63) is 295 Å². The van der Waals surface area contributed by atoms with Gasteiger partial charge >= 0.3 is 0 Å². The smallest absolute Gasteiger partial charge is 0.195 e. The van der Waals surface area contributed by atoms with Crippen LogP contribution in [0.15, 0.2) is 121 Å². The van der Waals surface area contributed by atoms with Crippen LogP contribution in [0.2, 0.25) is 0 Å². The average Bonchev–Trinajstić information content (AvgIpc) is 0.801. The van der Waals surface area contributed by atoms with Gasteiger partial charge in [0.25, 0.3) is 0 Å². The molecule has 0 aromatic heterocycles. The van der Waals surface area contributed by atoms with Gasteiger partial charge in [0.15, 0.2) is 150 Å². The first-order valence-corrected chi connectivity index (χ1v) is 29.8. The Kier molecular flexibility index (Phi) is 21.9. The molecule has 10 nitrogen and oxygen atoms in total. The lowest BCUT2D eigenvalue weighted by atomic mass is 10.1. The maximum Gasteiger partial charge on any atom is 0.195 e. The van der Waals surface area contributed by atoms with Crippen molar-refractivity contribution in [3.8, 4) is 28.7 Å². The summed E-state index contributed by atoms with van der Waals surface area (Å²) in [6, 6.07) is 18.3. The van der Waals surface area contributed by atoms with Crippen LogP contribution in [-0.2, 0) is 32.7 Å². The Labute approximate surface area is 574 Å². The Bertz CT molecular complexity index is 4960. The average molecular weight is 1510 g/mol. The number of benzene rings is 10. The highest BCUT2D eigenvalue weighted by Crippen LogP contribution is 2.40. The van der Waals surface area contributed by atoms with Gasteiger partial charge in [0.2, 0.25) is 0 Å². The largest absolute Gasteiger partial charge is 0.473 e. The number of rotatable bonds is 5. The molecule has 0 saturated carbocycles. The molecule has 0 atom stereocenters. The Hall–Kier alpha value is -11.6. The van der Waals surface area contributed by atoms with Gasteiger partial charge in [0, 0.05) is 83.7 Å². The second-order valence-corrected chi connectivity index (χ2v) is 22.7. The van der Waals surface area contributed by atoms with Crippen molar-refractivity contribution in [1.82, 2.24) is 0 Å². The van der Waals surface area contributed by atoms with Crippen LogP contribution in [-0.4, -0.2) is 33.7 Å². The fourth-order valence-electron chi connectivity index (χ4n) is 10.8. The SMILES string of the molecule is Fc1cc(F)c(N2COc3cc(F)c(F)c(F)c3C2)c(F)c1.Fc1cc(F)c(N2COc3cc(F)c(F)cc3C2)c(F)c1.Fc1ccc(N2COc3cc(F)c(F)c(F)c3C2)c(F)c1.Fc1ccc(N2COc3cc(F)c(F)c(F)c3C2)cc1.Fc1ccc(N2COc3cc(F)c(F)c(F)c3C2)cc1F. The third-order valence-corrected chi connectivity index (χ3v) is 15.9. The molecule has 10 aromatic carbocycles. The van der Waals surface area contributed by atoms with E-state index in [9.17, 15) is 110 Å². The first-order chi connectivity index (χ1) is 49.8. The summed E-state index contributed by atoms with van der Waals surface area (Å²) in [5, 5.41) is 0. The molecule has 5 aliphatic heterocycles. The predicted octanol–water partition coefficient (Wildman–Crippen LogP) is 18.7. The van der Waals surface area contributed by atoms with Crippen LogP contribution in [0.25, 0.3) is 0 Å². The lowest BCUT2D eigenvalue weighted by Crippen LogP contribution is -2.34. The van der Waals surface area contributed by atoms with Gasteiger partial charge in [0.05, 0.1) is 60.7 Å². The number of hydrogen-bond acceptors (Lipinski definition) is 10. The minimum atomic E-state index is -1.70. The molecule has 550 valence electrons. The van der Waals surface area contributed by atoms with E-state index >= 15 is 0 Å². The van der Waals surface area contributed by atoms with Gasteiger partial charge < -0.3 is 48.2 Å². The number of ether oxygens (including phenoxy) is 5. The lowest BCUT2D eigenvalue weighted by molar-refractivity contribution is 0.275. The van der Waals surface area contributed by atoms with Crippen molar-refractivity contribution in [2.45, 2.75) is 32.7 Å². The Morgan fingerprint density at radius 3 is 0.943 bits per heavy atom. The van der Waals surface area contributed by atoms with Gasteiger partial charge in [-0.2, -0.15) is 0 Å². The van der Waals surface area contributed by atoms with Crippen molar-refractivity contribution in [2.24, 2.45) is 0 Å². The first kappa shape index (κ1) is 74.6. The molecule has 0 N–H and O–H groups in total. The summed E-state index contributed by atoms with van der Waals surface area (Å²) < 4.78 is 358. The highest BCUT2D eigenvalue weighted by atomic mass is 19.2. The van der Waals surface area contributed by atoms with E-state index in [4.69, 9.17) is 23.7 Å². The minimum absolute atomic E-state index is 0.0141. The molecule has 5 aliphatic rings. The van der Waals surface area contributed by atoms with Gasteiger partial charge in [-0.15, -0.1) is 0 Å². The van der Waals surface area contributed by atoms with E-state index < -0.39 is 170 Å². The van der Waals surface area contributed by atoms with E-state index in [1.54, 1.807) is 4.90 Å². The molecule has 5 heterocycles. The Morgan fingerprint density at radius 2 is 0.524 bits per heavy atom. The van der Waals surface area contributed by atoms with Gasteiger partial charge in [0.1, 0.15) is 69.2 Å². The number of nitrogens with zero attached hydrogens (tertiary/aromatic N) is 5. The summed E-state index contributed by atoms with van der Waals surface area (Å²) in [6.07, 6.45) is 0. The number of fused-ring (bicyclic) bond motifs is 5. The molecule has 35 heteroatoms. The lowest BCUT2D eigenvalue weighted by Gasteiger charge is -2.31. The molecule has 0 aliphatic carbocycles. The van der Waals surface area contributed by atoms with Crippen LogP contribution < -0.4 is 48.2 Å². The third kappa shape index (κ3) is 16.0. The molecule has 0 amide bonds. The highest BCUT2D eigenvalue weighted by Gasteiger charge is 2.33. The van der Waals surface area contributed by atoms with Gasteiger partial charge in [-0.3, -0.25) is 0 Å². The van der Waals surface area contributed by atoms with Crippen LogP contribution in [0.3, 0.4) is 0 Å². The van der Waals surface area contributed by atoms with E-state index in [0.29, 0.717) is 42.1 Å². The summed E-state index contributed by atoms with van der Waals surface area (Å²) in [5.41, 5.74) is -0.899. The predicted molar refractivity (Wildman–Crippen MR) is 322 cm³/mol.